The van der Waals surface area contributed by atoms with Crippen molar-refractivity contribution in [2.45, 2.75) is 13.0 Å². The molecule has 0 saturated carbocycles. The minimum absolute atomic E-state index is 0.0615. The molecule has 1 aliphatic rings. The van der Waals surface area contributed by atoms with Crippen LogP contribution in [0.3, 0.4) is 0 Å². The molecule has 1 N–H and O–H groups in total. The predicted molar refractivity (Wildman–Crippen MR) is 65.7 cm³/mol. The number of hydrogen-bond acceptors (Lipinski definition) is 4. The number of anilines is 1. The minimum Gasteiger partial charge on any atom is -0.394 e. The molecule has 0 radical (unpaired) electrons. The number of aromatic nitrogens is 1. The van der Waals surface area contributed by atoms with Gasteiger partial charge in [-0.2, -0.15) is 0 Å². The van der Waals surface area contributed by atoms with E-state index in [1.54, 1.807) is 0 Å². The summed E-state index contributed by atoms with van der Waals surface area (Å²) in [7, 11) is 0. The van der Waals surface area contributed by atoms with E-state index in [0.717, 1.165) is 22.5 Å². The van der Waals surface area contributed by atoms with E-state index < -0.39 is 0 Å². The van der Waals surface area contributed by atoms with Gasteiger partial charge >= 0.3 is 0 Å². The van der Waals surface area contributed by atoms with Crippen LogP contribution in [0.2, 0.25) is 0 Å². The average Bonchev–Trinajstić information content (AvgIpc) is 2.33. The van der Waals surface area contributed by atoms with Crippen LogP contribution in [0.1, 0.15) is 5.69 Å². The maximum atomic E-state index is 9.07. The molecule has 0 bridgehead atoms. The lowest BCUT2D eigenvalue weighted by Crippen LogP contribution is -2.44. The Kier molecular flexibility index (Phi) is 3.78. The SMILES string of the molecule is Cc1nc(N2CCOC(CO)C2)ccc1Br. The van der Waals surface area contributed by atoms with E-state index in [1.807, 2.05) is 19.1 Å². The minimum atomic E-state index is -0.0977. The van der Waals surface area contributed by atoms with Gasteiger partial charge in [-0.3, -0.25) is 0 Å². The Morgan fingerprint density at radius 2 is 2.44 bits per heavy atom. The highest BCUT2D eigenvalue weighted by Crippen LogP contribution is 2.20. The van der Waals surface area contributed by atoms with Crippen LogP contribution in [0.15, 0.2) is 16.6 Å². The smallest absolute Gasteiger partial charge is 0.129 e. The number of aliphatic hydroxyl groups is 1. The first-order valence-corrected chi connectivity index (χ1v) is 6.10. The normalized spacial score (nSPS) is 21.2. The monoisotopic (exact) mass is 286 g/mol. The summed E-state index contributed by atoms with van der Waals surface area (Å²) >= 11 is 3.43. The molecule has 1 aromatic heterocycles. The zero-order valence-electron chi connectivity index (χ0n) is 9.19. The summed E-state index contributed by atoms with van der Waals surface area (Å²) in [6.45, 7) is 4.20. The molecule has 1 aliphatic heterocycles. The van der Waals surface area contributed by atoms with Gasteiger partial charge in [0.2, 0.25) is 0 Å². The summed E-state index contributed by atoms with van der Waals surface area (Å²) in [6.07, 6.45) is -0.0977. The quantitative estimate of drug-likeness (QED) is 0.892. The third kappa shape index (κ3) is 2.53. The van der Waals surface area contributed by atoms with Crippen molar-refractivity contribution in [1.82, 2.24) is 4.98 Å². The number of rotatable bonds is 2. The van der Waals surface area contributed by atoms with E-state index in [4.69, 9.17) is 9.84 Å². The van der Waals surface area contributed by atoms with Gasteiger partial charge in [0.05, 0.1) is 25.0 Å². The van der Waals surface area contributed by atoms with E-state index in [0.29, 0.717) is 13.2 Å². The highest BCUT2D eigenvalue weighted by molar-refractivity contribution is 9.10. The van der Waals surface area contributed by atoms with Crippen LogP contribution >= 0.6 is 15.9 Å². The Labute approximate surface area is 103 Å². The van der Waals surface area contributed by atoms with Crippen molar-refractivity contribution < 1.29 is 9.84 Å². The van der Waals surface area contributed by atoms with Crippen molar-refractivity contribution in [3.05, 3.63) is 22.3 Å². The molecule has 1 fully saturated rings. The van der Waals surface area contributed by atoms with Crippen molar-refractivity contribution in [3.63, 3.8) is 0 Å². The van der Waals surface area contributed by atoms with Crippen molar-refractivity contribution >= 4 is 21.7 Å². The zero-order valence-corrected chi connectivity index (χ0v) is 10.8. The highest BCUT2D eigenvalue weighted by Gasteiger charge is 2.20. The van der Waals surface area contributed by atoms with Gasteiger partial charge in [0.15, 0.2) is 0 Å². The molecule has 4 nitrogen and oxygen atoms in total. The Morgan fingerprint density at radius 3 is 3.12 bits per heavy atom. The number of hydrogen-bond donors (Lipinski definition) is 1. The topological polar surface area (TPSA) is 45.6 Å². The predicted octanol–water partition coefficient (Wildman–Crippen LogP) is 1.35. The number of pyridine rings is 1. The fraction of sp³-hybridized carbons (Fsp3) is 0.545. The molecule has 0 spiro atoms. The number of aliphatic hydroxyl groups excluding tert-OH is 1. The molecule has 5 heteroatoms. The number of morpholine rings is 1. The van der Waals surface area contributed by atoms with Crippen molar-refractivity contribution in [2.24, 2.45) is 0 Å². The largest absolute Gasteiger partial charge is 0.394 e. The molecule has 0 amide bonds. The maximum Gasteiger partial charge on any atom is 0.129 e. The standard InChI is InChI=1S/C11H15BrN2O2/c1-8-10(12)2-3-11(13-8)14-4-5-16-9(6-14)7-15/h2-3,9,15H,4-7H2,1H3. The van der Waals surface area contributed by atoms with E-state index in [1.165, 1.54) is 0 Å². The van der Waals surface area contributed by atoms with Crippen LogP contribution < -0.4 is 4.90 Å². The summed E-state index contributed by atoms with van der Waals surface area (Å²) in [6, 6.07) is 3.98. The van der Waals surface area contributed by atoms with Gasteiger partial charge in [0, 0.05) is 17.6 Å². The molecule has 2 rings (SSSR count). The van der Waals surface area contributed by atoms with Gasteiger partial charge in [-0.1, -0.05) is 0 Å². The molecule has 1 unspecified atom stereocenters. The Morgan fingerprint density at radius 1 is 1.62 bits per heavy atom. The van der Waals surface area contributed by atoms with Gasteiger partial charge in [-0.05, 0) is 35.0 Å². The van der Waals surface area contributed by atoms with Crippen LogP contribution in [0, 0.1) is 6.92 Å². The summed E-state index contributed by atoms with van der Waals surface area (Å²) < 4.78 is 6.42. The van der Waals surface area contributed by atoms with E-state index in [-0.39, 0.29) is 12.7 Å². The maximum absolute atomic E-state index is 9.07. The van der Waals surface area contributed by atoms with Crippen molar-refractivity contribution in [3.8, 4) is 0 Å². The number of halogens is 1. The lowest BCUT2D eigenvalue weighted by molar-refractivity contribution is 0.00335. The summed E-state index contributed by atoms with van der Waals surface area (Å²) in [4.78, 5) is 6.65. The van der Waals surface area contributed by atoms with Crippen LogP contribution in [-0.2, 0) is 4.74 Å². The zero-order chi connectivity index (χ0) is 11.5. The first kappa shape index (κ1) is 11.8. The van der Waals surface area contributed by atoms with Gasteiger partial charge in [0.25, 0.3) is 0 Å². The molecule has 1 atom stereocenters. The van der Waals surface area contributed by atoms with Gasteiger partial charge in [0.1, 0.15) is 5.82 Å². The lowest BCUT2D eigenvalue weighted by Gasteiger charge is -2.33. The first-order chi connectivity index (χ1) is 7.70. The number of aryl methyl sites for hydroxylation is 1. The van der Waals surface area contributed by atoms with Crippen molar-refractivity contribution in [2.75, 3.05) is 31.2 Å². The van der Waals surface area contributed by atoms with Crippen LogP contribution in [0.4, 0.5) is 5.82 Å². The Bertz CT molecular complexity index is 373. The van der Waals surface area contributed by atoms with E-state index >= 15 is 0 Å². The summed E-state index contributed by atoms with van der Waals surface area (Å²) in [5.74, 6) is 0.947. The van der Waals surface area contributed by atoms with Gasteiger partial charge in [-0.15, -0.1) is 0 Å². The fourth-order valence-corrected chi connectivity index (χ4v) is 1.97. The molecular formula is C11H15BrN2O2. The summed E-state index contributed by atoms with van der Waals surface area (Å²) in [5, 5.41) is 9.07. The van der Waals surface area contributed by atoms with Crippen LogP contribution in [-0.4, -0.2) is 42.5 Å². The third-order valence-corrected chi connectivity index (χ3v) is 3.51. The molecule has 88 valence electrons. The van der Waals surface area contributed by atoms with E-state index in [2.05, 4.69) is 25.8 Å². The van der Waals surface area contributed by atoms with Crippen LogP contribution in [0.25, 0.3) is 0 Å². The number of ether oxygens (including phenoxy) is 1. The lowest BCUT2D eigenvalue weighted by atomic mass is 10.2. The second-order valence-corrected chi connectivity index (χ2v) is 4.71. The third-order valence-electron chi connectivity index (χ3n) is 2.67. The van der Waals surface area contributed by atoms with Crippen molar-refractivity contribution in [1.29, 1.82) is 0 Å². The Balaban J connectivity index is 2.13. The second-order valence-electron chi connectivity index (χ2n) is 3.86. The average molecular weight is 287 g/mol. The molecule has 2 heterocycles. The van der Waals surface area contributed by atoms with Crippen LogP contribution in [0.5, 0.6) is 0 Å². The number of nitrogens with zero attached hydrogens (tertiary/aromatic N) is 2. The van der Waals surface area contributed by atoms with Gasteiger partial charge in [-0.25, -0.2) is 4.98 Å². The molecular weight excluding hydrogens is 272 g/mol. The van der Waals surface area contributed by atoms with Gasteiger partial charge < -0.3 is 14.7 Å². The highest BCUT2D eigenvalue weighted by atomic mass is 79.9. The first-order valence-electron chi connectivity index (χ1n) is 5.31. The molecule has 0 aliphatic carbocycles. The molecule has 1 saturated heterocycles. The Hall–Kier alpha value is -0.650. The molecule has 1 aromatic rings. The van der Waals surface area contributed by atoms with E-state index in [9.17, 15) is 0 Å². The fourth-order valence-electron chi connectivity index (χ4n) is 1.74. The molecule has 0 aromatic carbocycles. The molecule has 16 heavy (non-hydrogen) atoms. The summed E-state index contributed by atoms with van der Waals surface area (Å²) in [5.41, 5.74) is 0.976. The second kappa shape index (κ2) is 5.12.